The van der Waals surface area contributed by atoms with Crippen LogP contribution >= 0.6 is 0 Å². The van der Waals surface area contributed by atoms with Crippen LogP contribution in [-0.4, -0.2) is 110 Å². The van der Waals surface area contributed by atoms with Gasteiger partial charge in [-0.2, -0.15) is 0 Å². The lowest BCUT2D eigenvalue weighted by atomic mass is 9.89. The molecular weight excluding hydrogens is 1070 g/mol. The zero-order chi connectivity index (χ0) is 52.5. The number of esters is 2. The molecule has 4 N–H and O–H groups in total. The summed E-state index contributed by atoms with van der Waals surface area (Å²) in [5.74, 6) is -2.46. The van der Waals surface area contributed by atoms with Crippen LogP contribution in [-0.2, 0) is 48.6 Å². The molecule has 22 heteroatoms. The smallest absolute Gasteiger partial charge is 0.321 e. The number of carbonyl (C=O) groups excluding carboxylic acids is 3. The molecule has 14 nitrogen and oxygen atoms in total. The monoisotopic (exact) mass is 1200 g/mol. The molecular formula is C52H130N2O12Si8. The first-order valence-electron chi connectivity index (χ1n) is 23.8. The Kier molecular flexibility index (Phi) is 51.8. The van der Waals surface area contributed by atoms with Crippen LogP contribution in [0.2, 0.25) is 130 Å². The summed E-state index contributed by atoms with van der Waals surface area (Å²) >= 11 is 0. The molecule has 1 fully saturated rings. The van der Waals surface area contributed by atoms with E-state index < -0.39 is 97.3 Å². The number of carbonyl (C=O) groups is 4. The first-order chi connectivity index (χ1) is 29.3. The lowest BCUT2D eigenvalue weighted by Crippen LogP contribution is -2.57. The molecule has 1 aliphatic heterocycles. The second-order valence-electron chi connectivity index (χ2n) is 23.6. The van der Waals surface area contributed by atoms with Gasteiger partial charge in [-0.05, 0) is 174 Å². The number of cyclic esters (lactones) is 2. The fourth-order valence-electron chi connectivity index (χ4n) is 7.98. The van der Waals surface area contributed by atoms with Crippen molar-refractivity contribution in [2.24, 2.45) is 29.4 Å². The highest BCUT2D eigenvalue weighted by atomic mass is 28.5. The van der Waals surface area contributed by atoms with Crippen molar-refractivity contribution < 1.29 is 53.7 Å². The van der Waals surface area contributed by atoms with Crippen molar-refractivity contribution in [3.8, 4) is 0 Å². The van der Waals surface area contributed by atoms with Crippen LogP contribution in [0.15, 0.2) is 24.3 Å². The molecule has 0 spiro atoms. The Bertz CT molecular complexity index is 1580. The van der Waals surface area contributed by atoms with Gasteiger partial charge in [-0.1, -0.05) is 111 Å². The Labute approximate surface area is 470 Å². The lowest BCUT2D eigenvalue weighted by Gasteiger charge is -2.41. The topological polar surface area (TPSA) is 191 Å². The van der Waals surface area contributed by atoms with Crippen LogP contribution in [0.5, 0.6) is 0 Å². The second-order valence-corrected chi connectivity index (χ2v) is 56.6. The van der Waals surface area contributed by atoms with Gasteiger partial charge in [0.1, 0.15) is 0 Å². The number of rotatable bonds is 28. The van der Waals surface area contributed by atoms with E-state index in [4.69, 9.17) is 30.4 Å². The predicted octanol–water partition coefficient (Wildman–Crippen LogP) is 16.3. The van der Waals surface area contributed by atoms with Gasteiger partial charge in [-0.15, -0.1) is 0 Å². The van der Waals surface area contributed by atoms with Gasteiger partial charge >= 0.3 is 52.2 Å². The molecule has 1 saturated heterocycles. The SMILES string of the molecule is C.C.C.C.C.C.C.C.C=C(CC(C)C)C(CC(=O)O)C(=O)NCCC[Si](C)(O[Si](C)(C)C)O[Si](C)(C)O[Si](C)(C)C.C=C(CC(C)C)C1CC(=O)OC1=O.C[Si](C)(C)O[Si](C)(C)O[Si](C)(CCCN)O[Si](C)(C)C. The van der Waals surface area contributed by atoms with E-state index in [0.717, 1.165) is 30.5 Å². The normalized spacial score (nSPS) is 15.6. The Morgan fingerprint density at radius 3 is 1.23 bits per heavy atom. The Balaban J connectivity index is -0.000000108. The highest BCUT2D eigenvalue weighted by Crippen LogP contribution is 2.30. The molecule has 1 aliphatic rings. The van der Waals surface area contributed by atoms with Gasteiger partial charge in [0, 0.05) is 6.54 Å². The Morgan fingerprint density at radius 1 is 0.595 bits per heavy atom. The summed E-state index contributed by atoms with van der Waals surface area (Å²) in [5, 5.41) is 12.2. The number of carboxylic acids is 1. The van der Waals surface area contributed by atoms with E-state index in [-0.39, 0.29) is 78.2 Å². The number of ether oxygens (including phenoxy) is 1. The van der Waals surface area contributed by atoms with Gasteiger partial charge in [0.05, 0.1) is 24.7 Å². The second kappa shape index (κ2) is 40.2. The summed E-state index contributed by atoms with van der Waals surface area (Å²) in [4.78, 5) is 45.9. The molecule has 0 saturated carbocycles. The van der Waals surface area contributed by atoms with Gasteiger partial charge in [-0.25, -0.2) is 0 Å². The van der Waals surface area contributed by atoms with Crippen LogP contribution in [0.1, 0.15) is 126 Å². The molecule has 452 valence electrons. The maximum absolute atomic E-state index is 12.8. The maximum atomic E-state index is 12.8. The van der Waals surface area contributed by atoms with Crippen molar-refractivity contribution in [3.05, 3.63) is 24.3 Å². The molecule has 0 bridgehead atoms. The summed E-state index contributed by atoms with van der Waals surface area (Å²) in [7, 11) is -16.1. The maximum Gasteiger partial charge on any atom is 0.321 e. The molecule has 0 aliphatic carbocycles. The molecule has 4 unspecified atom stereocenters. The summed E-state index contributed by atoms with van der Waals surface area (Å²) < 4.78 is 43.4. The van der Waals surface area contributed by atoms with Crippen LogP contribution in [0, 0.1) is 23.7 Å². The fourth-order valence-corrected chi connectivity index (χ4v) is 43.9. The third-order valence-corrected chi connectivity index (χ3v) is 36.0. The first kappa shape index (κ1) is 95.4. The van der Waals surface area contributed by atoms with Gasteiger partial charge in [-0.3, -0.25) is 19.2 Å². The van der Waals surface area contributed by atoms with Crippen LogP contribution in [0.3, 0.4) is 0 Å². The first-order valence-corrected chi connectivity index (χ1v) is 48.1. The molecule has 1 rings (SSSR count). The average molecular weight is 1200 g/mol. The van der Waals surface area contributed by atoms with Crippen LogP contribution in [0.25, 0.3) is 0 Å². The minimum absolute atomic E-state index is 0. The summed E-state index contributed by atoms with van der Waals surface area (Å²) in [6.45, 7) is 56.1. The van der Waals surface area contributed by atoms with E-state index in [1.807, 2.05) is 27.7 Å². The van der Waals surface area contributed by atoms with E-state index in [1.165, 1.54) is 0 Å². The lowest BCUT2D eigenvalue weighted by molar-refractivity contribution is -0.152. The predicted molar refractivity (Wildman–Crippen MR) is 345 cm³/mol. The molecule has 0 aromatic heterocycles. The summed E-state index contributed by atoms with van der Waals surface area (Å²) in [6, 6.07) is 1.69. The largest absolute Gasteiger partial charge is 0.481 e. The number of nitrogens with two attached hydrogens (primary N) is 1. The molecule has 1 amide bonds. The molecule has 0 radical (unpaired) electrons. The molecule has 74 heavy (non-hydrogen) atoms. The van der Waals surface area contributed by atoms with Gasteiger partial charge in [0.15, 0.2) is 33.3 Å². The third kappa shape index (κ3) is 49.3. The number of hydrogen-bond acceptors (Lipinski definition) is 12. The minimum atomic E-state index is -2.53. The summed E-state index contributed by atoms with van der Waals surface area (Å²) in [6.07, 6.45) is 3.00. The number of amides is 1. The zero-order valence-corrected chi connectivity index (χ0v) is 53.8. The Morgan fingerprint density at radius 2 is 0.946 bits per heavy atom. The van der Waals surface area contributed by atoms with E-state index >= 15 is 0 Å². The number of aliphatic carboxylic acids is 1. The van der Waals surface area contributed by atoms with Crippen LogP contribution < -0.4 is 11.1 Å². The quantitative estimate of drug-likeness (QED) is 0.0221. The highest BCUT2D eigenvalue weighted by molar-refractivity contribution is 6.90. The molecule has 4 atom stereocenters. The van der Waals surface area contributed by atoms with Crippen molar-refractivity contribution in [1.29, 1.82) is 0 Å². The average Bonchev–Trinajstić information content (AvgIpc) is 3.37. The summed E-state index contributed by atoms with van der Waals surface area (Å²) in [5.41, 5.74) is 7.16. The highest BCUT2D eigenvalue weighted by Gasteiger charge is 2.45. The van der Waals surface area contributed by atoms with E-state index in [1.54, 1.807) is 0 Å². The number of nitrogens with one attached hydrogen (secondary N) is 1. The molecule has 0 aromatic rings. The zero-order valence-electron chi connectivity index (χ0n) is 45.8. The standard InChI is InChI=1S/C22H49NO6Si4.C12H35NO3Si4.C10H14O3.8CH4/c1-18(2)16-19(3)20(17-21(24)25)22(26)23-14-13-15-33(12,28-31(7,8)9)29-32(10,11)27-30(4,5)6;1-17(2,3)14-19(7,8)16-20(9,12-10-11-13)15-18(4,5)6;1-6(2)4-7(3)8-5-9(11)13-10(8)12;;;;;;;;/h18,20H,3,13-17H2,1-2,4-12H3,(H,23,26)(H,24,25);10-13H2,1-9H3;6,8H,3-5H2,1-2H3;8*1H4. The van der Waals surface area contributed by atoms with Crippen molar-refractivity contribution in [2.75, 3.05) is 13.1 Å². The van der Waals surface area contributed by atoms with Crippen molar-refractivity contribution in [1.82, 2.24) is 5.32 Å². The number of hydrogen-bond donors (Lipinski definition) is 3. The number of carboxylic acid groups (broad SMARTS) is 1. The Hall–Kier alpha value is -0.985. The van der Waals surface area contributed by atoms with Crippen molar-refractivity contribution in [2.45, 2.75) is 256 Å². The van der Waals surface area contributed by atoms with E-state index in [9.17, 15) is 24.3 Å². The minimum Gasteiger partial charge on any atom is -0.481 e. The van der Waals surface area contributed by atoms with Gasteiger partial charge < -0.3 is 45.6 Å². The van der Waals surface area contributed by atoms with Crippen molar-refractivity contribution in [3.63, 3.8) is 0 Å². The molecule has 1 heterocycles. The van der Waals surface area contributed by atoms with Crippen molar-refractivity contribution >= 4 is 91.3 Å². The van der Waals surface area contributed by atoms with Crippen LogP contribution in [0.4, 0.5) is 0 Å². The van der Waals surface area contributed by atoms with E-state index in [2.05, 4.69) is 141 Å². The van der Waals surface area contributed by atoms with Gasteiger partial charge in [0.2, 0.25) is 5.91 Å². The van der Waals surface area contributed by atoms with Gasteiger partial charge in [0.25, 0.3) is 0 Å². The third-order valence-electron chi connectivity index (χ3n) is 8.90. The van der Waals surface area contributed by atoms with E-state index in [0.29, 0.717) is 43.3 Å². The molecule has 0 aromatic carbocycles. The fraction of sp³-hybridized carbons (Fsp3) is 0.846.